The quantitative estimate of drug-likeness (QED) is 0.797. The van der Waals surface area contributed by atoms with E-state index in [1.54, 1.807) is 11.3 Å². The van der Waals surface area contributed by atoms with Crippen LogP contribution in [0.1, 0.15) is 18.1 Å². The van der Waals surface area contributed by atoms with Gasteiger partial charge >= 0.3 is 0 Å². The van der Waals surface area contributed by atoms with Crippen molar-refractivity contribution in [1.29, 1.82) is 0 Å². The number of hydrogen-bond donors (Lipinski definition) is 1. The minimum atomic E-state index is -2.29. The summed E-state index contributed by atoms with van der Waals surface area (Å²) in [5.74, 6) is 0. The number of nitrogens with one attached hydrogen (secondary N) is 1. The maximum Gasteiger partial charge on any atom is 0.253 e. The molecule has 0 aliphatic heterocycles. The van der Waals surface area contributed by atoms with Crippen molar-refractivity contribution in [3.05, 3.63) is 21.9 Å². The van der Waals surface area contributed by atoms with Gasteiger partial charge in [0, 0.05) is 6.54 Å². The first-order valence-electron chi connectivity index (χ1n) is 4.14. The Hall–Kier alpha value is -0.480. The van der Waals surface area contributed by atoms with Crippen molar-refractivity contribution in [2.75, 3.05) is 0 Å². The molecule has 1 aromatic heterocycles. The molecule has 74 valence electrons. The molecule has 0 amide bonds. The molecule has 0 aliphatic carbocycles. The van der Waals surface area contributed by atoms with E-state index in [0.29, 0.717) is 6.54 Å². The monoisotopic (exact) mass is 205 g/mol. The zero-order valence-electron chi connectivity index (χ0n) is 7.68. The van der Waals surface area contributed by atoms with E-state index in [-0.39, 0.29) is 0 Å². The van der Waals surface area contributed by atoms with Crippen molar-refractivity contribution in [3.63, 3.8) is 0 Å². The van der Waals surface area contributed by atoms with Crippen LogP contribution < -0.4 is 5.32 Å². The normalized spacial score (nSPS) is 13.6. The fourth-order valence-electron chi connectivity index (χ4n) is 0.928. The lowest BCUT2D eigenvalue weighted by atomic mass is 10.2. The molecule has 1 N–H and O–H groups in total. The Bertz CT molecular complexity index is 260. The van der Waals surface area contributed by atoms with Gasteiger partial charge in [0.1, 0.15) is 0 Å². The van der Waals surface area contributed by atoms with Gasteiger partial charge in [-0.25, -0.2) is 8.78 Å². The predicted octanol–water partition coefficient (Wildman–Crippen LogP) is 2.80. The summed E-state index contributed by atoms with van der Waals surface area (Å²) in [5, 5.41) is 6.79. The predicted molar refractivity (Wildman–Crippen MR) is 51.4 cm³/mol. The van der Waals surface area contributed by atoms with Gasteiger partial charge in [-0.2, -0.15) is 11.3 Å². The van der Waals surface area contributed by atoms with E-state index in [9.17, 15) is 8.78 Å². The lowest BCUT2D eigenvalue weighted by Crippen LogP contribution is -2.31. The Balaban J connectivity index is 2.39. The van der Waals surface area contributed by atoms with Gasteiger partial charge in [-0.15, -0.1) is 0 Å². The molecule has 0 saturated carbocycles. The first-order chi connectivity index (χ1) is 6.11. The van der Waals surface area contributed by atoms with E-state index in [1.807, 2.05) is 17.7 Å². The number of thiophene rings is 1. The summed E-state index contributed by atoms with van der Waals surface area (Å²) >= 11 is 1.60. The van der Waals surface area contributed by atoms with E-state index in [4.69, 9.17) is 0 Å². The van der Waals surface area contributed by atoms with Crippen LogP contribution in [0.5, 0.6) is 0 Å². The van der Waals surface area contributed by atoms with Crippen molar-refractivity contribution in [2.24, 2.45) is 0 Å². The molecule has 0 saturated heterocycles. The molecule has 1 aromatic rings. The highest BCUT2D eigenvalue weighted by Gasteiger charge is 2.13. The third-order valence-corrected chi connectivity index (χ3v) is 2.86. The average molecular weight is 205 g/mol. The van der Waals surface area contributed by atoms with Gasteiger partial charge in [-0.1, -0.05) is 0 Å². The SMILES string of the molecule is Cc1cscc1CNC(C)C(F)F. The number of hydrogen-bond acceptors (Lipinski definition) is 2. The molecule has 1 atom stereocenters. The lowest BCUT2D eigenvalue weighted by molar-refractivity contribution is 0.105. The first-order valence-corrected chi connectivity index (χ1v) is 5.08. The summed E-state index contributed by atoms with van der Waals surface area (Å²) in [6, 6.07) is -0.737. The average Bonchev–Trinajstić information content (AvgIpc) is 2.47. The standard InChI is InChI=1S/C9H13F2NS/c1-6-4-13-5-8(6)3-12-7(2)9(10)11/h4-5,7,9,12H,3H2,1-2H3. The molecule has 0 radical (unpaired) electrons. The zero-order valence-corrected chi connectivity index (χ0v) is 8.50. The fraction of sp³-hybridized carbons (Fsp3) is 0.556. The van der Waals surface area contributed by atoms with Gasteiger partial charge in [0.2, 0.25) is 0 Å². The summed E-state index contributed by atoms with van der Waals surface area (Å²) in [6.07, 6.45) is -2.29. The van der Waals surface area contributed by atoms with Gasteiger partial charge in [-0.3, -0.25) is 0 Å². The minimum Gasteiger partial charge on any atom is -0.305 e. The van der Waals surface area contributed by atoms with E-state index >= 15 is 0 Å². The van der Waals surface area contributed by atoms with Crippen LogP contribution in [0.25, 0.3) is 0 Å². The Morgan fingerprint density at radius 1 is 1.46 bits per heavy atom. The molecule has 4 heteroatoms. The van der Waals surface area contributed by atoms with Gasteiger partial charge in [0.15, 0.2) is 0 Å². The van der Waals surface area contributed by atoms with Crippen LogP contribution in [0.2, 0.25) is 0 Å². The first kappa shape index (κ1) is 10.6. The van der Waals surface area contributed by atoms with E-state index in [1.165, 1.54) is 12.5 Å². The van der Waals surface area contributed by atoms with Crippen LogP contribution in [-0.4, -0.2) is 12.5 Å². The van der Waals surface area contributed by atoms with E-state index in [0.717, 1.165) is 5.56 Å². The van der Waals surface area contributed by atoms with Crippen molar-refractivity contribution >= 4 is 11.3 Å². The largest absolute Gasteiger partial charge is 0.305 e. The van der Waals surface area contributed by atoms with Gasteiger partial charge in [0.05, 0.1) is 6.04 Å². The maximum atomic E-state index is 12.1. The summed E-state index contributed by atoms with van der Waals surface area (Å²) in [5.41, 5.74) is 2.27. The molecule has 1 unspecified atom stereocenters. The van der Waals surface area contributed by atoms with Gasteiger partial charge in [-0.05, 0) is 35.7 Å². The van der Waals surface area contributed by atoms with Crippen molar-refractivity contribution in [2.45, 2.75) is 32.9 Å². The minimum absolute atomic E-state index is 0.529. The smallest absolute Gasteiger partial charge is 0.253 e. The Labute approximate surface area is 80.8 Å². The second kappa shape index (κ2) is 4.67. The second-order valence-corrected chi connectivity index (χ2v) is 3.83. The van der Waals surface area contributed by atoms with Gasteiger partial charge in [0.25, 0.3) is 6.43 Å². The molecule has 0 fully saturated rings. The third kappa shape index (κ3) is 3.04. The number of alkyl halides is 2. The van der Waals surface area contributed by atoms with Crippen molar-refractivity contribution < 1.29 is 8.78 Å². The van der Waals surface area contributed by atoms with E-state index < -0.39 is 12.5 Å². The summed E-state index contributed by atoms with van der Waals surface area (Å²) in [6.45, 7) is 4.01. The molecule has 1 nitrogen and oxygen atoms in total. The lowest BCUT2D eigenvalue weighted by Gasteiger charge is -2.11. The highest BCUT2D eigenvalue weighted by molar-refractivity contribution is 7.08. The van der Waals surface area contributed by atoms with Crippen LogP contribution >= 0.6 is 11.3 Å². The molecule has 0 spiro atoms. The Morgan fingerprint density at radius 3 is 2.62 bits per heavy atom. The molecule has 1 heterocycles. The Morgan fingerprint density at radius 2 is 2.15 bits per heavy atom. The highest BCUT2D eigenvalue weighted by atomic mass is 32.1. The molecular formula is C9H13F2NS. The third-order valence-electron chi connectivity index (χ3n) is 1.95. The molecule has 13 heavy (non-hydrogen) atoms. The number of rotatable bonds is 4. The van der Waals surface area contributed by atoms with Crippen LogP contribution in [0.15, 0.2) is 10.8 Å². The topological polar surface area (TPSA) is 12.0 Å². The molecule has 0 bridgehead atoms. The fourth-order valence-corrected chi connectivity index (χ4v) is 1.78. The maximum absolute atomic E-state index is 12.1. The molecular weight excluding hydrogens is 192 g/mol. The highest BCUT2D eigenvalue weighted by Crippen LogP contribution is 2.13. The molecule has 0 aromatic carbocycles. The summed E-state index contributed by atoms with van der Waals surface area (Å²) < 4.78 is 24.2. The summed E-state index contributed by atoms with van der Waals surface area (Å²) in [7, 11) is 0. The summed E-state index contributed by atoms with van der Waals surface area (Å²) in [4.78, 5) is 0. The van der Waals surface area contributed by atoms with Crippen LogP contribution in [-0.2, 0) is 6.54 Å². The van der Waals surface area contributed by atoms with Crippen LogP contribution in [0.4, 0.5) is 8.78 Å². The zero-order chi connectivity index (χ0) is 9.84. The van der Waals surface area contributed by atoms with Crippen LogP contribution in [0, 0.1) is 6.92 Å². The Kier molecular flexibility index (Phi) is 3.81. The van der Waals surface area contributed by atoms with Gasteiger partial charge < -0.3 is 5.32 Å². The van der Waals surface area contributed by atoms with Crippen LogP contribution in [0.3, 0.4) is 0 Å². The van der Waals surface area contributed by atoms with E-state index in [2.05, 4.69) is 5.32 Å². The molecule has 0 aliphatic rings. The number of aryl methyl sites for hydroxylation is 1. The second-order valence-electron chi connectivity index (χ2n) is 3.08. The van der Waals surface area contributed by atoms with Crippen molar-refractivity contribution in [3.8, 4) is 0 Å². The molecule has 1 rings (SSSR count). The van der Waals surface area contributed by atoms with Crippen molar-refractivity contribution in [1.82, 2.24) is 5.32 Å². The number of halogens is 2.